The number of nitrogens with one attached hydrogen (secondary N) is 1. The van der Waals surface area contributed by atoms with Gasteiger partial charge in [-0.05, 0) is 19.1 Å². The molecule has 3 aliphatic heterocycles. The maximum Gasteiger partial charge on any atom is 0.416 e. The largest absolute Gasteiger partial charge is 0.491 e. The summed E-state index contributed by atoms with van der Waals surface area (Å²) in [5.41, 5.74) is 5.19. The number of hydrogen-bond donors (Lipinski definition) is 2. The highest BCUT2D eigenvalue weighted by molar-refractivity contribution is 5.91. The number of carbonyl (C=O) groups is 2. The molecule has 0 radical (unpaired) electrons. The average Bonchev–Trinajstić information content (AvgIpc) is 3.21. The number of ether oxygens (including phenoxy) is 3. The van der Waals surface area contributed by atoms with Gasteiger partial charge in [-0.1, -0.05) is 0 Å². The van der Waals surface area contributed by atoms with Crippen molar-refractivity contribution < 1.29 is 32.6 Å². The lowest BCUT2D eigenvalue weighted by molar-refractivity contribution is -0.184. The topological polar surface area (TPSA) is 121 Å². The molecule has 2 aromatic rings. The maximum absolute atomic E-state index is 13.9. The fraction of sp³-hybridized carbons (Fsp3) is 0.450. The van der Waals surface area contributed by atoms with E-state index in [1.807, 2.05) is 0 Å². The molecular weight excluding hydrogens is 428 g/mol. The fourth-order valence-corrected chi connectivity index (χ4v) is 4.14. The molecule has 0 bridgehead atoms. The number of nitrogens with zero attached hydrogens (tertiary/aromatic N) is 3. The van der Waals surface area contributed by atoms with Crippen LogP contribution in [0.15, 0.2) is 24.4 Å². The third kappa shape index (κ3) is 3.13. The molecule has 10 nitrogen and oxygen atoms in total. The number of anilines is 2. The summed E-state index contributed by atoms with van der Waals surface area (Å²) in [7, 11) is 0. The van der Waals surface area contributed by atoms with E-state index in [0.29, 0.717) is 36.0 Å². The molecular formula is C20H21F2N5O5. The van der Waals surface area contributed by atoms with E-state index < -0.39 is 36.1 Å². The first kappa shape index (κ1) is 20.5. The number of benzene rings is 1. The highest BCUT2D eigenvalue weighted by atomic mass is 19.3. The molecule has 2 amide bonds. The van der Waals surface area contributed by atoms with Gasteiger partial charge < -0.3 is 29.8 Å². The van der Waals surface area contributed by atoms with Crippen LogP contribution in [0.3, 0.4) is 0 Å². The fourth-order valence-electron chi connectivity index (χ4n) is 4.14. The predicted octanol–water partition coefficient (Wildman–Crippen LogP) is 1.59. The Labute approximate surface area is 181 Å². The number of carbonyl (C=O) groups excluding carboxylic acids is 2. The summed E-state index contributed by atoms with van der Waals surface area (Å²) in [6.07, 6.45) is -2.16. The Kier molecular flexibility index (Phi) is 4.69. The van der Waals surface area contributed by atoms with Crippen LogP contribution >= 0.6 is 0 Å². The minimum atomic E-state index is -2.83. The first-order valence-electron chi connectivity index (χ1n) is 10.1. The van der Waals surface area contributed by atoms with Crippen LogP contribution in [-0.2, 0) is 20.8 Å². The molecule has 2 atom stereocenters. The third-order valence-electron chi connectivity index (χ3n) is 5.87. The molecule has 0 unspecified atom stereocenters. The van der Waals surface area contributed by atoms with Crippen molar-refractivity contribution in [1.82, 2.24) is 9.55 Å². The Morgan fingerprint density at radius 3 is 2.81 bits per heavy atom. The molecule has 1 aromatic heterocycles. The second-order valence-corrected chi connectivity index (χ2v) is 8.02. The van der Waals surface area contributed by atoms with E-state index in [-0.39, 0.29) is 19.0 Å². The van der Waals surface area contributed by atoms with E-state index in [0.717, 1.165) is 4.90 Å². The highest BCUT2D eigenvalue weighted by Gasteiger charge is 2.63. The summed E-state index contributed by atoms with van der Waals surface area (Å²) in [6, 6.07) is 3.13. The van der Waals surface area contributed by atoms with Crippen molar-refractivity contribution >= 4 is 23.5 Å². The second kappa shape index (κ2) is 7.33. The van der Waals surface area contributed by atoms with Crippen LogP contribution in [0.4, 0.5) is 25.1 Å². The SMILES string of the molecule is C[C@H](Nc1ccc2c(c1)OCCn1cc(N3C(=O)OC4(COC4)[C@H]3C(F)F)nc1-2)C(N)=O. The number of halogens is 2. The van der Waals surface area contributed by atoms with Crippen LogP contribution in [0.25, 0.3) is 11.4 Å². The quantitative estimate of drug-likeness (QED) is 0.711. The molecule has 3 N–H and O–H groups in total. The standard InChI is InChI=1S/C20H21F2N5O5/c1-10(17(23)28)24-11-2-3-12-13(6-11)31-5-4-26-7-14(25-18(12)26)27-15(16(21)22)20(8-30-9-20)32-19(27)29/h2-3,6-7,10,15-16,24H,4-5,8-9H2,1H3,(H2,23,28)/t10-,15+/m0/s1. The number of rotatable bonds is 5. The molecule has 4 heterocycles. The van der Waals surface area contributed by atoms with E-state index in [9.17, 15) is 18.4 Å². The summed E-state index contributed by atoms with van der Waals surface area (Å²) in [4.78, 5) is 29.3. The van der Waals surface area contributed by atoms with Crippen molar-refractivity contribution in [1.29, 1.82) is 0 Å². The smallest absolute Gasteiger partial charge is 0.416 e. The second-order valence-electron chi connectivity index (χ2n) is 8.02. The summed E-state index contributed by atoms with van der Waals surface area (Å²) >= 11 is 0. The Hall–Kier alpha value is -3.41. The average molecular weight is 449 g/mol. The van der Waals surface area contributed by atoms with Gasteiger partial charge in [0.15, 0.2) is 11.4 Å². The molecule has 170 valence electrons. The van der Waals surface area contributed by atoms with Crippen LogP contribution in [0.5, 0.6) is 5.75 Å². The minimum absolute atomic E-state index is 0.0754. The molecule has 0 saturated carbocycles. The van der Waals surface area contributed by atoms with Crippen LogP contribution in [-0.4, -0.2) is 65.5 Å². The van der Waals surface area contributed by atoms with Gasteiger partial charge >= 0.3 is 6.09 Å². The van der Waals surface area contributed by atoms with Crippen molar-refractivity contribution in [3.8, 4) is 17.1 Å². The lowest BCUT2D eigenvalue weighted by Crippen LogP contribution is -2.61. The number of primary amides is 1. The molecule has 1 aromatic carbocycles. The molecule has 32 heavy (non-hydrogen) atoms. The maximum atomic E-state index is 13.9. The van der Waals surface area contributed by atoms with Crippen molar-refractivity contribution in [3.05, 3.63) is 24.4 Å². The Balaban J connectivity index is 1.50. The molecule has 2 fully saturated rings. The number of alkyl halides is 2. The number of imidazole rings is 1. The first-order chi connectivity index (χ1) is 15.3. The van der Waals surface area contributed by atoms with Gasteiger partial charge in [0.25, 0.3) is 6.43 Å². The molecule has 3 aliphatic rings. The van der Waals surface area contributed by atoms with E-state index in [1.54, 1.807) is 35.9 Å². The van der Waals surface area contributed by atoms with Gasteiger partial charge in [-0.25, -0.2) is 23.5 Å². The van der Waals surface area contributed by atoms with Gasteiger partial charge in [0.05, 0.1) is 25.3 Å². The Bertz CT molecular complexity index is 1090. The van der Waals surface area contributed by atoms with E-state index >= 15 is 0 Å². The van der Waals surface area contributed by atoms with Gasteiger partial charge in [0, 0.05) is 18.0 Å². The van der Waals surface area contributed by atoms with Crippen molar-refractivity contribution in [2.75, 3.05) is 30.0 Å². The van der Waals surface area contributed by atoms with E-state index in [2.05, 4.69) is 10.3 Å². The van der Waals surface area contributed by atoms with Crippen LogP contribution in [0.1, 0.15) is 6.92 Å². The number of hydrogen-bond acceptors (Lipinski definition) is 7. The first-order valence-corrected chi connectivity index (χ1v) is 10.1. The summed E-state index contributed by atoms with van der Waals surface area (Å²) in [5.74, 6) is 0.549. The van der Waals surface area contributed by atoms with Crippen LogP contribution in [0, 0.1) is 0 Å². The minimum Gasteiger partial charge on any atom is -0.491 e. The number of amides is 2. The zero-order chi connectivity index (χ0) is 22.6. The lowest BCUT2D eigenvalue weighted by Gasteiger charge is -2.40. The summed E-state index contributed by atoms with van der Waals surface area (Å²) < 4.78 is 45.8. The Morgan fingerprint density at radius 2 is 2.16 bits per heavy atom. The van der Waals surface area contributed by atoms with Crippen molar-refractivity contribution in [2.24, 2.45) is 5.73 Å². The molecule has 5 rings (SSSR count). The van der Waals surface area contributed by atoms with Gasteiger partial charge in [-0.15, -0.1) is 0 Å². The molecule has 0 aliphatic carbocycles. The lowest BCUT2D eigenvalue weighted by atomic mass is 9.92. The van der Waals surface area contributed by atoms with Gasteiger partial charge in [-0.3, -0.25) is 4.79 Å². The Morgan fingerprint density at radius 1 is 1.38 bits per heavy atom. The predicted molar refractivity (Wildman–Crippen MR) is 108 cm³/mol. The molecule has 2 saturated heterocycles. The van der Waals surface area contributed by atoms with E-state index in [4.69, 9.17) is 19.9 Å². The monoisotopic (exact) mass is 449 g/mol. The van der Waals surface area contributed by atoms with Gasteiger partial charge in [0.1, 0.15) is 30.3 Å². The highest BCUT2D eigenvalue weighted by Crippen LogP contribution is 2.43. The number of fused-ring (bicyclic) bond motifs is 3. The summed E-state index contributed by atoms with van der Waals surface area (Å²) in [6.45, 7) is 2.18. The van der Waals surface area contributed by atoms with Gasteiger partial charge in [0.2, 0.25) is 5.91 Å². The number of nitrogens with two attached hydrogens (primary N) is 1. The van der Waals surface area contributed by atoms with Crippen molar-refractivity contribution in [2.45, 2.75) is 37.6 Å². The molecule has 12 heteroatoms. The van der Waals surface area contributed by atoms with Crippen molar-refractivity contribution in [3.63, 3.8) is 0 Å². The van der Waals surface area contributed by atoms with E-state index in [1.165, 1.54) is 0 Å². The van der Waals surface area contributed by atoms with Crippen LogP contribution < -0.4 is 20.7 Å². The zero-order valence-electron chi connectivity index (χ0n) is 17.1. The third-order valence-corrected chi connectivity index (χ3v) is 5.87. The summed E-state index contributed by atoms with van der Waals surface area (Å²) in [5, 5.41) is 2.99. The number of aromatic nitrogens is 2. The zero-order valence-corrected chi connectivity index (χ0v) is 17.1. The normalized spacial score (nSPS) is 21.8. The molecule has 1 spiro atoms. The van der Waals surface area contributed by atoms with Crippen LogP contribution in [0.2, 0.25) is 0 Å². The van der Waals surface area contributed by atoms with Gasteiger partial charge in [-0.2, -0.15) is 0 Å².